The van der Waals surface area contributed by atoms with E-state index in [1.165, 1.54) is 51.7 Å². The Kier molecular flexibility index (Phi) is 11.5. The van der Waals surface area contributed by atoms with Crippen LogP contribution in [0.25, 0.3) is 0 Å². The van der Waals surface area contributed by atoms with E-state index < -0.39 is 16.2 Å². The quantitative estimate of drug-likeness (QED) is 0.366. The fourth-order valence-corrected chi connectivity index (χ4v) is 10.6. The summed E-state index contributed by atoms with van der Waals surface area (Å²) in [5.74, 6) is 0. The molecule has 1 nitrogen and oxygen atoms in total. The van der Waals surface area contributed by atoms with Crippen molar-refractivity contribution in [1.82, 2.24) is 4.90 Å². The van der Waals surface area contributed by atoms with Gasteiger partial charge in [0.05, 0.1) is 0 Å². The molecule has 0 unspecified atom stereocenters. The van der Waals surface area contributed by atoms with E-state index >= 15 is 0 Å². The fraction of sp³-hybridized carbons (Fsp3) is 1.00. The van der Waals surface area contributed by atoms with Crippen LogP contribution in [-0.4, -0.2) is 40.8 Å². The summed E-state index contributed by atoms with van der Waals surface area (Å²) in [7, 11) is 0. The summed E-state index contributed by atoms with van der Waals surface area (Å²) in [5.41, 5.74) is 0. The average Bonchev–Trinajstić information content (AvgIpc) is 2.46. The molecule has 1 saturated heterocycles. The molecular weight excluding hydrogens is 288 g/mol. The van der Waals surface area contributed by atoms with E-state index in [2.05, 4.69) is 18.7 Å². The molecule has 0 amide bonds. The number of nitrogens with zero attached hydrogens (tertiary/aromatic N) is 1. The van der Waals surface area contributed by atoms with Crippen LogP contribution in [0.15, 0.2) is 0 Å². The van der Waals surface area contributed by atoms with E-state index in [4.69, 9.17) is 0 Å². The molecule has 1 aliphatic rings. The Balaban J connectivity index is 2.04. The summed E-state index contributed by atoms with van der Waals surface area (Å²) in [6.45, 7) is 8.71. The molecule has 1 rings (SSSR count). The summed E-state index contributed by atoms with van der Waals surface area (Å²) in [4.78, 5) is 7.86. The minimum absolute atomic E-state index is 0.717. The molecule has 0 radical (unpaired) electrons. The molecule has 0 aromatic heterocycles. The van der Waals surface area contributed by atoms with Gasteiger partial charge >= 0.3 is 127 Å². The summed E-state index contributed by atoms with van der Waals surface area (Å²) < 4.78 is 0. The Bertz CT molecular complexity index is 182. The van der Waals surface area contributed by atoms with Gasteiger partial charge in [0.2, 0.25) is 0 Å². The molecule has 0 saturated carbocycles. The predicted octanol–water partition coefficient (Wildman–Crippen LogP) is 5.35. The molecule has 1 aliphatic heterocycles. The molecule has 0 aromatic rings. The van der Waals surface area contributed by atoms with Gasteiger partial charge in [0.1, 0.15) is 0 Å². The summed E-state index contributed by atoms with van der Waals surface area (Å²) in [6, 6.07) is 0. The van der Waals surface area contributed by atoms with Crippen LogP contribution in [0.3, 0.4) is 0 Å². The van der Waals surface area contributed by atoms with Crippen LogP contribution in [0.4, 0.5) is 0 Å². The normalized spacial score (nSPS) is 16.3. The molecular formula is C17H36GaN. The van der Waals surface area contributed by atoms with Gasteiger partial charge in [-0.05, 0) is 0 Å². The van der Waals surface area contributed by atoms with Gasteiger partial charge in [-0.2, -0.15) is 0 Å². The summed E-state index contributed by atoms with van der Waals surface area (Å²) in [5, 5.41) is 0. The van der Waals surface area contributed by atoms with Crippen LogP contribution >= 0.6 is 0 Å². The molecule has 0 bridgehead atoms. The average molecular weight is 324 g/mol. The van der Waals surface area contributed by atoms with Crippen molar-refractivity contribution in [1.29, 1.82) is 0 Å². The van der Waals surface area contributed by atoms with Crippen molar-refractivity contribution >= 4 is 16.2 Å². The Labute approximate surface area is 127 Å². The second-order valence-corrected chi connectivity index (χ2v) is 13.8. The van der Waals surface area contributed by atoms with Crippen LogP contribution in [0.1, 0.15) is 71.6 Å². The monoisotopic (exact) mass is 323 g/mol. The fourth-order valence-electron chi connectivity index (χ4n) is 3.34. The van der Waals surface area contributed by atoms with Crippen molar-refractivity contribution in [2.75, 3.05) is 19.6 Å². The van der Waals surface area contributed by atoms with Crippen LogP contribution in [0, 0.1) is 0 Å². The van der Waals surface area contributed by atoms with Gasteiger partial charge in [-0.3, -0.25) is 0 Å². The topological polar surface area (TPSA) is 3.24 Å². The van der Waals surface area contributed by atoms with E-state index in [0.717, 1.165) is 0 Å². The maximum absolute atomic E-state index is 2.74. The van der Waals surface area contributed by atoms with Crippen molar-refractivity contribution in [3.63, 3.8) is 0 Å². The van der Waals surface area contributed by atoms with Gasteiger partial charge < -0.3 is 0 Å². The molecule has 0 N–H and O–H groups in total. The van der Waals surface area contributed by atoms with Crippen molar-refractivity contribution in [3.8, 4) is 0 Å². The van der Waals surface area contributed by atoms with Crippen LogP contribution in [0.2, 0.25) is 14.9 Å². The zero-order valence-corrected chi connectivity index (χ0v) is 16.1. The summed E-state index contributed by atoms with van der Waals surface area (Å²) in [6.07, 6.45) is 13.2. The van der Waals surface area contributed by atoms with Crippen molar-refractivity contribution < 1.29 is 0 Å². The van der Waals surface area contributed by atoms with E-state index in [9.17, 15) is 0 Å². The third kappa shape index (κ3) is 9.20. The third-order valence-electron chi connectivity index (χ3n) is 4.72. The molecule has 1 fully saturated rings. The Morgan fingerprint density at radius 2 is 1.32 bits per heavy atom. The number of rotatable bonds is 11. The minimum atomic E-state index is -0.717. The first kappa shape index (κ1) is 17.6. The Morgan fingerprint density at radius 1 is 0.737 bits per heavy atom. The van der Waals surface area contributed by atoms with Gasteiger partial charge in [-0.15, -0.1) is 0 Å². The van der Waals surface area contributed by atoms with Crippen LogP contribution in [0.5, 0.6) is 0 Å². The molecule has 2 heteroatoms. The van der Waals surface area contributed by atoms with E-state index in [1.54, 1.807) is 40.6 Å². The predicted molar refractivity (Wildman–Crippen MR) is 89.5 cm³/mol. The number of unbranched alkanes of at least 4 members (excludes halogenated alkanes) is 3. The van der Waals surface area contributed by atoms with Gasteiger partial charge in [-0.1, -0.05) is 0 Å². The standard InChI is InChI=1S/C12H26N.C5H10.Ga/c1-4-7-10-13(11-8-5-2)12-9-6-3;1-3-5-4-2;/h1,4-12H2,2-3H3;1-5H2;. The molecule has 0 spiro atoms. The van der Waals surface area contributed by atoms with Crippen LogP contribution < -0.4 is 0 Å². The SMILES string of the molecule is CCCCN(CCCC)CCC[CH2][Ga]1[CH2]CCC[CH2]1. The number of hydrogen-bond donors (Lipinski definition) is 0. The van der Waals surface area contributed by atoms with E-state index in [1.807, 2.05) is 0 Å². The maximum atomic E-state index is 2.74. The first-order valence-corrected chi connectivity index (χ1v) is 14.2. The molecule has 1 heterocycles. The first-order chi connectivity index (χ1) is 9.36. The molecule has 19 heavy (non-hydrogen) atoms. The molecule has 0 aliphatic carbocycles. The second kappa shape index (κ2) is 12.3. The van der Waals surface area contributed by atoms with Gasteiger partial charge in [-0.25, -0.2) is 0 Å². The summed E-state index contributed by atoms with van der Waals surface area (Å²) >= 11 is -0.717. The van der Waals surface area contributed by atoms with Gasteiger partial charge in [0.15, 0.2) is 0 Å². The van der Waals surface area contributed by atoms with Crippen LogP contribution in [-0.2, 0) is 0 Å². The zero-order chi connectivity index (χ0) is 13.8. The van der Waals surface area contributed by atoms with Gasteiger partial charge in [0.25, 0.3) is 0 Å². The molecule has 0 aromatic carbocycles. The van der Waals surface area contributed by atoms with E-state index in [-0.39, 0.29) is 0 Å². The Morgan fingerprint density at radius 3 is 1.89 bits per heavy atom. The third-order valence-corrected chi connectivity index (χ3v) is 12.4. The van der Waals surface area contributed by atoms with E-state index in [0.29, 0.717) is 0 Å². The second-order valence-electron chi connectivity index (χ2n) is 6.55. The first-order valence-electron chi connectivity index (χ1n) is 9.09. The molecule has 0 atom stereocenters. The van der Waals surface area contributed by atoms with Crippen molar-refractivity contribution in [2.24, 2.45) is 0 Å². The van der Waals surface area contributed by atoms with Gasteiger partial charge in [0, 0.05) is 0 Å². The molecule has 112 valence electrons. The van der Waals surface area contributed by atoms with Crippen molar-refractivity contribution in [2.45, 2.75) is 86.6 Å². The Hall–Kier alpha value is 0.596. The number of hydrogen-bond acceptors (Lipinski definition) is 1. The van der Waals surface area contributed by atoms with Crippen molar-refractivity contribution in [3.05, 3.63) is 0 Å². The zero-order valence-electron chi connectivity index (χ0n) is 13.6.